The van der Waals surface area contributed by atoms with Crippen molar-refractivity contribution in [1.29, 1.82) is 0 Å². The van der Waals surface area contributed by atoms with E-state index in [9.17, 15) is 4.79 Å². The van der Waals surface area contributed by atoms with Crippen molar-refractivity contribution in [3.8, 4) is 11.3 Å². The van der Waals surface area contributed by atoms with Gasteiger partial charge in [0.05, 0.1) is 0 Å². The first-order chi connectivity index (χ1) is 7.18. The Bertz CT molecular complexity index is 586. The Kier molecular flexibility index (Phi) is 2.47. The second-order valence-corrected chi connectivity index (χ2v) is 3.48. The normalized spacial score (nSPS) is 10.2. The van der Waals surface area contributed by atoms with E-state index in [1.54, 1.807) is 7.05 Å². The van der Waals surface area contributed by atoms with Gasteiger partial charge in [-0.1, -0.05) is 30.3 Å². The van der Waals surface area contributed by atoms with E-state index in [0.717, 1.165) is 5.56 Å². The van der Waals surface area contributed by atoms with E-state index in [1.807, 2.05) is 30.3 Å². The first kappa shape index (κ1) is 9.79. The van der Waals surface area contributed by atoms with Crippen LogP contribution in [0.25, 0.3) is 11.3 Å². The van der Waals surface area contributed by atoms with Gasteiger partial charge in [0, 0.05) is 12.6 Å². The lowest BCUT2D eigenvalue weighted by atomic mass is 10.2. The van der Waals surface area contributed by atoms with Gasteiger partial charge in [0.1, 0.15) is 0 Å². The maximum absolute atomic E-state index is 11.6. The van der Waals surface area contributed by atoms with Crippen molar-refractivity contribution < 1.29 is 0 Å². The third kappa shape index (κ3) is 1.87. The van der Waals surface area contributed by atoms with Gasteiger partial charge >= 0.3 is 0 Å². The highest BCUT2D eigenvalue weighted by atomic mass is 32.1. The molecule has 0 saturated heterocycles. The molecule has 0 fully saturated rings. The van der Waals surface area contributed by atoms with Crippen LogP contribution in [0.4, 0.5) is 0 Å². The molecule has 2 aromatic rings. The quantitative estimate of drug-likeness (QED) is 0.739. The summed E-state index contributed by atoms with van der Waals surface area (Å²) in [7, 11) is 1.70. The Morgan fingerprint density at radius 3 is 2.67 bits per heavy atom. The molecule has 1 N–H and O–H groups in total. The molecule has 0 spiro atoms. The second-order valence-electron chi connectivity index (χ2n) is 3.10. The van der Waals surface area contributed by atoms with Crippen LogP contribution >= 0.6 is 12.2 Å². The number of nitrogens with one attached hydrogen (secondary N) is 1. The van der Waals surface area contributed by atoms with Gasteiger partial charge in [-0.05, 0) is 12.2 Å². The summed E-state index contributed by atoms with van der Waals surface area (Å²) in [5.41, 5.74) is 0.903. The highest BCUT2D eigenvalue weighted by molar-refractivity contribution is 7.71. The van der Waals surface area contributed by atoms with Gasteiger partial charge in [0.2, 0.25) is 0 Å². The van der Waals surface area contributed by atoms with Crippen LogP contribution in [-0.2, 0) is 7.05 Å². The number of hydrogen-bond acceptors (Lipinski definition) is 3. The van der Waals surface area contributed by atoms with Gasteiger partial charge in [-0.3, -0.25) is 9.78 Å². The van der Waals surface area contributed by atoms with Crippen LogP contribution in [0, 0.1) is 4.77 Å². The summed E-state index contributed by atoms with van der Waals surface area (Å²) in [4.78, 5) is 14.2. The minimum atomic E-state index is -0.260. The molecule has 2 rings (SSSR count). The van der Waals surface area contributed by atoms with Gasteiger partial charge in [-0.25, -0.2) is 4.68 Å². The maximum atomic E-state index is 11.6. The van der Waals surface area contributed by atoms with E-state index < -0.39 is 0 Å². The number of aromatic nitrogens is 3. The van der Waals surface area contributed by atoms with Crippen LogP contribution in [-0.4, -0.2) is 14.8 Å². The van der Waals surface area contributed by atoms with E-state index in [0.29, 0.717) is 10.5 Å². The van der Waals surface area contributed by atoms with Crippen molar-refractivity contribution in [3.05, 3.63) is 45.5 Å². The van der Waals surface area contributed by atoms with Crippen LogP contribution in [0.15, 0.2) is 35.1 Å². The summed E-state index contributed by atoms with van der Waals surface area (Å²) in [6.07, 6.45) is 0. The molecule has 4 nitrogen and oxygen atoms in total. The van der Waals surface area contributed by atoms with Crippen LogP contribution in [0.5, 0.6) is 0 Å². The average Bonchev–Trinajstić information content (AvgIpc) is 2.25. The topological polar surface area (TPSA) is 50.7 Å². The van der Waals surface area contributed by atoms with Crippen molar-refractivity contribution in [2.24, 2.45) is 7.05 Å². The molecule has 0 unspecified atom stereocenters. The number of hydrogen-bond donors (Lipinski definition) is 1. The molecule has 15 heavy (non-hydrogen) atoms. The molecule has 0 saturated carbocycles. The van der Waals surface area contributed by atoms with Crippen molar-refractivity contribution in [3.63, 3.8) is 0 Å². The number of nitrogens with zero attached hydrogens (tertiary/aromatic N) is 2. The Morgan fingerprint density at radius 1 is 1.33 bits per heavy atom. The average molecular weight is 219 g/mol. The molecule has 1 aromatic heterocycles. The van der Waals surface area contributed by atoms with Crippen LogP contribution in [0.3, 0.4) is 0 Å². The fourth-order valence-corrected chi connectivity index (χ4v) is 1.40. The summed E-state index contributed by atoms with van der Waals surface area (Å²) in [6, 6.07) is 9.27. The Morgan fingerprint density at radius 2 is 2.00 bits per heavy atom. The lowest BCUT2D eigenvalue weighted by molar-refractivity contribution is 0.694. The van der Waals surface area contributed by atoms with Crippen LogP contribution in [0.2, 0.25) is 0 Å². The lowest BCUT2D eigenvalue weighted by Crippen LogP contribution is -2.17. The fraction of sp³-hybridized carbons (Fsp3) is 0.100. The number of benzene rings is 1. The fourth-order valence-electron chi connectivity index (χ4n) is 1.26. The third-order valence-corrected chi connectivity index (χ3v) is 2.39. The van der Waals surface area contributed by atoms with E-state index >= 15 is 0 Å². The smallest absolute Gasteiger partial charge is 0.278 e. The molecular weight excluding hydrogens is 210 g/mol. The zero-order valence-electron chi connectivity index (χ0n) is 8.10. The van der Waals surface area contributed by atoms with E-state index in [2.05, 4.69) is 10.1 Å². The minimum Gasteiger partial charge on any atom is -0.296 e. The summed E-state index contributed by atoms with van der Waals surface area (Å²) in [5, 5.41) is 4.11. The first-order valence-electron chi connectivity index (χ1n) is 4.41. The first-order valence-corrected chi connectivity index (χ1v) is 4.82. The van der Waals surface area contributed by atoms with Crippen LogP contribution < -0.4 is 5.56 Å². The van der Waals surface area contributed by atoms with Gasteiger partial charge < -0.3 is 0 Å². The molecule has 0 aliphatic heterocycles. The van der Waals surface area contributed by atoms with Crippen molar-refractivity contribution in [2.75, 3.05) is 0 Å². The highest BCUT2D eigenvalue weighted by Gasteiger charge is 2.04. The third-order valence-electron chi connectivity index (χ3n) is 2.03. The van der Waals surface area contributed by atoms with Crippen molar-refractivity contribution in [1.82, 2.24) is 14.8 Å². The SMILES string of the molecule is Cn1nc(-c2ccccc2)c(=O)[nH]c1=S. The van der Waals surface area contributed by atoms with Crippen molar-refractivity contribution in [2.45, 2.75) is 0 Å². The van der Waals surface area contributed by atoms with E-state index in [1.165, 1.54) is 4.68 Å². The van der Waals surface area contributed by atoms with E-state index in [-0.39, 0.29) is 5.56 Å². The molecule has 0 bridgehead atoms. The molecule has 0 radical (unpaired) electrons. The summed E-state index contributed by atoms with van der Waals surface area (Å²) in [6.45, 7) is 0. The molecule has 0 aliphatic rings. The lowest BCUT2D eigenvalue weighted by Gasteiger charge is -2.01. The predicted molar refractivity (Wildman–Crippen MR) is 60.1 cm³/mol. The standard InChI is InChI=1S/C10H9N3OS/c1-13-10(15)11-9(14)8(12-13)7-5-3-2-4-6-7/h2-6H,1H3,(H,11,14,15). The molecule has 0 aliphatic carbocycles. The highest BCUT2D eigenvalue weighted by Crippen LogP contribution is 2.10. The second kappa shape index (κ2) is 3.78. The summed E-state index contributed by atoms with van der Waals surface area (Å²) >= 11 is 4.90. The molecule has 1 heterocycles. The van der Waals surface area contributed by atoms with Gasteiger partial charge in [-0.2, -0.15) is 5.10 Å². The van der Waals surface area contributed by atoms with Gasteiger partial charge in [-0.15, -0.1) is 0 Å². The molecular formula is C10H9N3OS. The minimum absolute atomic E-state index is 0.260. The number of H-pyrrole nitrogens is 1. The summed E-state index contributed by atoms with van der Waals surface area (Å²) in [5.74, 6) is 0. The molecule has 5 heteroatoms. The van der Waals surface area contributed by atoms with Gasteiger partial charge in [0.25, 0.3) is 5.56 Å². The number of aryl methyl sites for hydroxylation is 1. The molecule has 1 aromatic carbocycles. The van der Waals surface area contributed by atoms with Crippen LogP contribution in [0.1, 0.15) is 0 Å². The summed E-state index contributed by atoms with van der Waals surface area (Å²) < 4.78 is 1.79. The Balaban J connectivity index is 2.70. The number of rotatable bonds is 1. The zero-order chi connectivity index (χ0) is 10.8. The molecule has 0 amide bonds. The molecule has 0 atom stereocenters. The Labute approximate surface area is 91.2 Å². The zero-order valence-corrected chi connectivity index (χ0v) is 8.91. The maximum Gasteiger partial charge on any atom is 0.278 e. The largest absolute Gasteiger partial charge is 0.296 e. The monoisotopic (exact) mass is 219 g/mol. The molecule has 76 valence electrons. The number of aromatic amines is 1. The van der Waals surface area contributed by atoms with Crippen molar-refractivity contribution >= 4 is 12.2 Å². The van der Waals surface area contributed by atoms with E-state index in [4.69, 9.17) is 12.2 Å². The Hall–Kier alpha value is -1.75. The van der Waals surface area contributed by atoms with Gasteiger partial charge in [0.15, 0.2) is 10.5 Å². The predicted octanol–water partition coefficient (Wildman–Crippen LogP) is 1.50.